The van der Waals surface area contributed by atoms with E-state index in [4.69, 9.17) is 0 Å². The molecule has 0 unspecified atom stereocenters. The SMILES string of the molecule is CC(C)CNC(=O)c1ccccc1NC(=O)CCC1CCNCC1. The summed E-state index contributed by atoms with van der Waals surface area (Å²) in [5.41, 5.74) is 1.11. The molecule has 2 rings (SSSR count). The fourth-order valence-corrected chi connectivity index (χ4v) is 2.90. The van der Waals surface area contributed by atoms with Gasteiger partial charge in [-0.1, -0.05) is 26.0 Å². The van der Waals surface area contributed by atoms with Crippen LogP contribution in [0.25, 0.3) is 0 Å². The van der Waals surface area contributed by atoms with Gasteiger partial charge in [0.1, 0.15) is 0 Å². The molecule has 5 nitrogen and oxygen atoms in total. The number of hydrogen-bond donors (Lipinski definition) is 3. The van der Waals surface area contributed by atoms with E-state index < -0.39 is 0 Å². The minimum absolute atomic E-state index is 0.0161. The van der Waals surface area contributed by atoms with Crippen LogP contribution in [-0.2, 0) is 4.79 Å². The van der Waals surface area contributed by atoms with E-state index in [0.717, 1.165) is 32.4 Å². The molecule has 2 amide bonds. The maximum Gasteiger partial charge on any atom is 0.253 e. The third-order valence-corrected chi connectivity index (χ3v) is 4.36. The summed E-state index contributed by atoms with van der Waals surface area (Å²) in [7, 11) is 0. The van der Waals surface area contributed by atoms with Gasteiger partial charge in [-0.25, -0.2) is 0 Å². The van der Waals surface area contributed by atoms with Gasteiger partial charge in [-0.2, -0.15) is 0 Å². The molecule has 0 saturated carbocycles. The molecule has 1 aromatic rings. The first-order chi connectivity index (χ1) is 11.6. The van der Waals surface area contributed by atoms with Crippen LogP contribution in [0.5, 0.6) is 0 Å². The third kappa shape index (κ3) is 5.96. The van der Waals surface area contributed by atoms with Crippen molar-refractivity contribution < 1.29 is 9.59 Å². The molecule has 24 heavy (non-hydrogen) atoms. The van der Waals surface area contributed by atoms with Crippen molar-refractivity contribution in [1.82, 2.24) is 10.6 Å². The zero-order valence-corrected chi connectivity index (χ0v) is 14.7. The van der Waals surface area contributed by atoms with Crippen molar-refractivity contribution in [3.05, 3.63) is 29.8 Å². The molecule has 132 valence electrons. The molecule has 1 aromatic carbocycles. The van der Waals surface area contributed by atoms with Crippen LogP contribution in [0.4, 0.5) is 5.69 Å². The van der Waals surface area contributed by atoms with E-state index in [9.17, 15) is 9.59 Å². The predicted octanol–water partition coefficient (Wildman–Crippen LogP) is 2.79. The fourth-order valence-electron chi connectivity index (χ4n) is 2.90. The van der Waals surface area contributed by atoms with Gasteiger partial charge in [-0.15, -0.1) is 0 Å². The maximum atomic E-state index is 12.3. The molecule has 0 radical (unpaired) electrons. The Morgan fingerprint density at radius 1 is 1.21 bits per heavy atom. The van der Waals surface area contributed by atoms with Crippen LogP contribution in [-0.4, -0.2) is 31.4 Å². The molecule has 0 aromatic heterocycles. The van der Waals surface area contributed by atoms with E-state index in [2.05, 4.69) is 29.8 Å². The van der Waals surface area contributed by atoms with Crippen molar-refractivity contribution in [2.45, 2.75) is 39.5 Å². The van der Waals surface area contributed by atoms with E-state index in [1.807, 2.05) is 12.1 Å². The van der Waals surface area contributed by atoms with Crippen LogP contribution in [0.3, 0.4) is 0 Å². The Kier molecular flexibility index (Phi) is 7.25. The Morgan fingerprint density at radius 2 is 1.92 bits per heavy atom. The first-order valence-corrected chi connectivity index (χ1v) is 8.94. The van der Waals surface area contributed by atoms with Gasteiger partial charge < -0.3 is 16.0 Å². The Hall–Kier alpha value is -1.88. The molecule has 1 fully saturated rings. The van der Waals surface area contributed by atoms with Gasteiger partial charge in [0.15, 0.2) is 0 Å². The Balaban J connectivity index is 1.88. The van der Waals surface area contributed by atoms with Crippen LogP contribution < -0.4 is 16.0 Å². The lowest BCUT2D eigenvalue weighted by Crippen LogP contribution is -2.29. The summed E-state index contributed by atoms with van der Waals surface area (Å²) in [4.78, 5) is 24.5. The number of carbonyl (C=O) groups is 2. The quantitative estimate of drug-likeness (QED) is 0.719. The predicted molar refractivity (Wildman–Crippen MR) is 97.1 cm³/mol. The summed E-state index contributed by atoms with van der Waals surface area (Å²) >= 11 is 0. The van der Waals surface area contributed by atoms with Crippen molar-refractivity contribution in [1.29, 1.82) is 0 Å². The number of piperidine rings is 1. The molecular formula is C19H29N3O2. The van der Waals surface area contributed by atoms with Crippen molar-refractivity contribution in [2.24, 2.45) is 11.8 Å². The van der Waals surface area contributed by atoms with E-state index in [1.165, 1.54) is 0 Å². The highest BCUT2D eigenvalue weighted by molar-refractivity contribution is 6.03. The number of anilines is 1. The van der Waals surface area contributed by atoms with Gasteiger partial charge in [-0.3, -0.25) is 9.59 Å². The lowest BCUT2D eigenvalue weighted by atomic mass is 9.93. The second-order valence-corrected chi connectivity index (χ2v) is 6.93. The number of hydrogen-bond acceptors (Lipinski definition) is 3. The average Bonchev–Trinajstić information content (AvgIpc) is 2.59. The molecule has 0 aliphatic carbocycles. The first kappa shape index (κ1) is 18.5. The monoisotopic (exact) mass is 331 g/mol. The summed E-state index contributed by atoms with van der Waals surface area (Å²) < 4.78 is 0. The highest BCUT2D eigenvalue weighted by Gasteiger charge is 2.16. The van der Waals surface area contributed by atoms with Gasteiger partial charge >= 0.3 is 0 Å². The highest BCUT2D eigenvalue weighted by atomic mass is 16.2. The second kappa shape index (κ2) is 9.42. The number of nitrogens with one attached hydrogen (secondary N) is 3. The maximum absolute atomic E-state index is 12.3. The molecule has 1 saturated heterocycles. The van der Waals surface area contributed by atoms with E-state index >= 15 is 0 Å². The summed E-state index contributed by atoms with van der Waals surface area (Å²) in [5.74, 6) is 0.859. The Bertz CT molecular complexity index is 551. The molecule has 1 aliphatic rings. The van der Waals surface area contributed by atoms with Gasteiger partial charge in [0.05, 0.1) is 11.3 Å². The van der Waals surface area contributed by atoms with Crippen molar-refractivity contribution in [3.8, 4) is 0 Å². The molecule has 0 atom stereocenters. The van der Waals surface area contributed by atoms with Crippen LogP contribution in [0.15, 0.2) is 24.3 Å². The minimum atomic E-state index is -0.141. The van der Waals surface area contributed by atoms with E-state index in [1.54, 1.807) is 12.1 Å². The number of carbonyl (C=O) groups excluding carboxylic acids is 2. The summed E-state index contributed by atoms with van der Waals surface area (Å²) in [5, 5.41) is 9.14. The number of amides is 2. The van der Waals surface area contributed by atoms with Gasteiger partial charge in [-0.05, 0) is 56.3 Å². The second-order valence-electron chi connectivity index (χ2n) is 6.93. The normalized spacial score (nSPS) is 15.3. The molecule has 0 spiro atoms. The largest absolute Gasteiger partial charge is 0.352 e. The first-order valence-electron chi connectivity index (χ1n) is 8.94. The molecule has 1 aliphatic heterocycles. The zero-order chi connectivity index (χ0) is 17.4. The lowest BCUT2D eigenvalue weighted by Gasteiger charge is -2.22. The number of para-hydroxylation sites is 1. The van der Waals surface area contributed by atoms with Crippen LogP contribution in [0, 0.1) is 11.8 Å². The Labute approximate surface area is 144 Å². The number of benzene rings is 1. The average molecular weight is 331 g/mol. The van der Waals surface area contributed by atoms with Crippen molar-refractivity contribution in [2.75, 3.05) is 25.0 Å². The fraction of sp³-hybridized carbons (Fsp3) is 0.579. The van der Waals surface area contributed by atoms with Gasteiger partial charge in [0, 0.05) is 13.0 Å². The van der Waals surface area contributed by atoms with E-state index in [0.29, 0.717) is 36.1 Å². The summed E-state index contributed by atoms with van der Waals surface area (Å²) in [6, 6.07) is 7.18. The minimum Gasteiger partial charge on any atom is -0.352 e. The molecule has 1 heterocycles. The molecule has 3 N–H and O–H groups in total. The summed E-state index contributed by atoms with van der Waals surface area (Å²) in [6.07, 6.45) is 3.70. The van der Waals surface area contributed by atoms with Crippen molar-refractivity contribution >= 4 is 17.5 Å². The van der Waals surface area contributed by atoms with Crippen LogP contribution in [0.1, 0.15) is 49.9 Å². The van der Waals surface area contributed by atoms with Crippen LogP contribution >= 0.6 is 0 Å². The topological polar surface area (TPSA) is 70.2 Å². The van der Waals surface area contributed by atoms with E-state index in [-0.39, 0.29) is 11.8 Å². The van der Waals surface area contributed by atoms with Crippen LogP contribution in [0.2, 0.25) is 0 Å². The van der Waals surface area contributed by atoms with Gasteiger partial charge in [0.25, 0.3) is 5.91 Å². The number of rotatable bonds is 7. The van der Waals surface area contributed by atoms with Gasteiger partial charge in [0.2, 0.25) is 5.91 Å². The highest BCUT2D eigenvalue weighted by Crippen LogP contribution is 2.19. The molecule has 0 bridgehead atoms. The Morgan fingerprint density at radius 3 is 2.62 bits per heavy atom. The summed E-state index contributed by atoms with van der Waals surface area (Å²) in [6.45, 7) is 6.82. The van der Waals surface area contributed by atoms with Crippen molar-refractivity contribution in [3.63, 3.8) is 0 Å². The zero-order valence-electron chi connectivity index (χ0n) is 14.7. The third-order valence-electron chi connectivity index (χ3n) is 4.36. The standard InChI is InChI=1S/C19H29N3O2/c1-14(2)13-21-19(24)16-5-3-4-6-17(16)22-18(23)8-7-15-9-11-20-12-10-15/h3-6,14-15,20H,7-13H2,1-2H3,(H,21,24)(H,22,23). The lowest BCUT2D eigenvalue weighted by molar-refractivity contribution is -0.116. The molecular weight excluding hydrogens is 302 g/mol. The molecule has 5 heteroatoms. The smallest absolute Gasteiger partial charge is 0.253 e.